The Morgan fingerprint density at radius 2 is 1.64 bits per heavy atom. The first-order chi connectivity index (χ1) is 10.5. The third kappa shape index (κ3) is 5.58. The summed E-state index contributed by atoms with van der Waals surface area (Å²) in [5.41, 5.74) is 2.23. The Kier molecular flexibility index (Phi) is 7.78. The highest BCUT2D eigenvalue weighted by Gasteiger charge is 2.13. The molecule has 0 aliphatic carbocycles. The van der Waals surface area contributed by atoms with Crippen LogP contribution in [0.25, 0.3) is 0 Å². The van der Waals surface area contributed by atoms with E-state index in [4.69, 9.17) is 9.47 Å². The van der Waals surface area contributed by atoms with E-state index in [1.54, 1.807) is 0 Å². The van der Waals surface area contributed by atoms with Gasteiger partial charge in [-0.25, -0.2) is 0 Å². The second-order valence-corrected chi connectivity index (χ2v) is 5.51. The Balaban J connectivity index is 2.93. The molecule has 0 aliphatic rings. The topological polar surface area (TPSA) is 47.6 Å². The van der Waals surface area contributed by atoms with Crippen LogP contribution in [-0.4, -0.2) is 25.2 Å². The predicted molar refractivity (Wildman–Crippen MR) is 89.8 cm³/mol. The standard InChI is InChI=1S/C18H29NO3/c1-6-14-11-15(9-10-18(20)19-13(4)5)17(22-8-3)12-16(14)21-7-2/h11-13H,6-10H2,1-5H3,(H,19,20). The van der Waals surface area contributed by atoms with E-state index in [1.165, 1.54) is 0 Å². The van der Waals surface area contributed by atoms with E-state index in [1.807, 2.05) is 33.8 Å². The van der Waals surface area contributed by atoms with Gasteiger partial charge in [0.2, 0.25) is 5.91 Å². The second kappa shape index (κ2) is 9.34. The summed E-state index contributed by atoms with van der Waals surface area (Å²) in [6, 6.07) is 4.24. The Bertz CT molecular complexity index is 483. The minimum Gasteiger partial charge on any atom is -0.493 e. The zero-order chi connectivity index (χ0) is 16.5. The van der Waals surface area contributed by atoms with Crippen LogP contribution in [0, 0.1) is 0 Å². The molecular formula is C18H29NO3. The van der Waals surface area contributed by atoms with Crippen LogP contribution in [0.3, 0.4) is 0 Å². The van der Waals surface area contributed by atoms with Gasteiger partial charge in [0.05, 0.1) is 13.2 Å². The number of rotatable bonds is 9. The third-order valence-electron chi connectivity index (χ3n) is 3.30. The van der Waals surface area contributed by atoms with Crippen molar-refractivity contribution in [3.8, 4) is 11.5 Å². The molecule has 1 amide bonds. The van der Waals surface area contributed by atoms with Crippen LogP contribution in [0.15, 0.2) is 12.1 Å². The molecule has 1 aromatic rings. The van der Waals surface area contributed by atoms with Crippen molar-refractivity contribution < 1.29 is 14.3 Å². The molecule has 0 bridgehead atoms. The molecule has 0 fully saturated rings. The molecule has 0 spiro atoms. The maximum Gasteiger partial charge on any atom is 0.220 e. The minimum atomic E-state index is 0.0735. The van der Waals surface area contributed by atoms with Crippen LogP contribution < -0.4 is 14.8 Å². The first-order valence-corrected chi connectivity index (χ1v) is 8.22. The summed E-state index contributed by atoms with van der Waals surface area (Å²) in [5.74, 6) is 1.77. The van der Waals surface area contributed by atoms with Crippen LogP contribution in [-0.2, 0) is 17.6 Å². The van der Waals surface area contributed by atoms with E-state index in [-0.39, 0.29) is 11.9 Å². The molecule has 0 radical (unpaired) electrons. The molecule has 0 saturated carbocycles. The van der Waals surface area contributed by atoms with Crippen LogP contribution in [0.4, 0.5) is 0 Å². The van der Waals surface area contributed by atoms with Crippen molar-refractivity contribution in [1.82, 2.24) is 5.32 Å². The Morgan fingerprint density at radius 3 is 2.14 bits per heavy atom. The molecule has 0 saturated heterocycles. The quantitative estimate of drug-likeness (QED) is 0.759. The molecule has 1 N–H and O–H groups in total. The van der Waals surface area contributed by atoms with Gasteiger partial charge in [-0.05, 0) is 57.7 Å². The summed E-state index contributed by atoms with van der Waals surface area (Å²) in [5, 5.41) is 2.92. The molecule has 22 heavy (non-hydrogen) atoms. The van der Waals surface area contributed by atoms with Gasteiger partial charge in [-0.15, -0.1) is 0 Å². The minimum absolute atomic E-state index is 0.0735. The zero-order valence-corrected chi connectivity index (χ0v) is 14.5. The largest absolute Gasteiger partial charge is 0.493 e. The SMILES string of the molecule is CCOc1cc(OCC)c(CCC(=O)NC(C)C)cc1CC. The molecule has 0 atom stereocenters. The number of benzene rings is 1. The fraction of sp³-hybridized carbons (Fsp3) is 0.611. The molecule has 0 unspecified atom stereocenters. The van der Waals surface area contributed by atoms with Crippen molar-refractivity contribution in [2.75, 3.05) is 13.2 Å². The molecule has 4 nitrogen and oxygen atoms in total. The van der Waals surface area contributed by atoms with Gasteiger partial charge in [-0.2, -0.15) is 0 Å². The van der Waals surface area contributed by atoms with E-state index in [9.17, 15) is 4.79 Å². The summed E-state index contributed by atoms with van der Waals surface area (Å²) in [4.78, 5) is 11.8. The highest BCUT2D eigenvalue weighted by atomic mass is 16.5. The van der Waals surface area contributed by atoms with E-state index < -0.39 is 0 Å². The van der Waals surface area contributed by atoms with Crippen molar-refractivity contribution in [2.24, 2.45) is 0 Å². The lowest BCUT2D eigenvalue weighted by Crippen LogP contribution is -2.30. The van der Waals surface area contributed by atoms with Gasteiger partial charge in [0.15, 0.2) is 0 Å². The number of carbonyl (C=O) groups excluding carboxylic acids is 1. The van der Waals surface area contributed by atoms with Crippen molar-refractivity contribution in [1.29, 1.82) is 0 Å². The lowest BCUT2D eigenvalue weighted by Gasteiger charge is -2.16. The van der Waals surface area contributed by atoms with Crippen molar-refractivity contribution in [3.05, 3.63) is 23.3 Å². The van der Waals surface area contributed by atoms with Crippen LogP contribution in [0.2, 0.25) is 0 Å². The maximum atomic E-state index is 11.8. The lowest BCUT2D eigenvalue weighted by atomic mass is 10.0. The first kappa shape index (κ1) is 18.3. The normalized spacial score (nSPS) is 10.6. The van der Waals surface area contributed by atoms with E-state index in [0.717, 1.165) is 29.0 Å². The molecule has 0 aliphatic heterocycles. The van der Waals surface area contributed by atoms with Gasteiger partial charge in [0, 0.05) is 18.5 Å². The van der Waals surface area contributed by atoms with Gasteiger partial charge >= 0.3 is 0 Å². The van der Waals surface area contributed by atoms with Crippen molar-refractivity contribution in [3.63, 3.8) is 0 Å². The van der Waals surface area contributed by atoms with Crippen molar-refractivity contribution in [2.45, 2.75) is 59.9 Å². The summed E-state index contributed by atoms with van der Waals surface area (Å²) < 4.78 is 11.4. The van der Waals surface area contributed by atoms with Gasteiger partial charge in [0.1, 0.15) is 11.5 Å². The lowest BCUT2D eigenvalue weighted by molar-refractivity contribution is -0.121. The number of ether oxygens (including phenoxy) is 2. The predicted octanol–water partition coefficient (Wildman–Crippen LogP) is 3.50. The molecule has 124 valence electrons. The molecule has 4 heteroatoms. The Hall–Kier alpha value is -1.71. The van der Waals surface area contributed by atoms with Crippen LogP contribution >= 0.6 is 0 Å². The maximum absolute atomic E-state index is 11.8. The molecular weight excluding hydrogens is 278 g/mol. The Morgan fingerprint density at radius 1 is 1.05 bits per heavy atom. The highest BCUT2D eigenvalue weighted by Crippen LogP contribution is 2.31. The molecule has 1 rings (SSSR count). The molecule has 0 heterocycles. The average Bonchev–Trinajstić information content (AvgIpc) is 2.46. The number of hydrogen-bond donors (Lipinski definition) is 1. The van der Waals surface area contributed by atoms with Crippen LogP contribution in [0.5, 0.6) is 11.5 Å². The average molecular weight is 307 g/mol. The van der Waals surface area contributed by atoms with E-state index in [2.05, 4.69) is 18.3 Å². The van der Waals surface area contributed by atoms with Gasteiger partial charge in [-0.1, -0.05) is 6.92 Å². The summed E-state index contributed by atoms with van der Waals surface area (Å²) in [6.07, 6.45) is 2.04. The van der Waals surface area contributed by atoms with Gasteiger partial charge in [0.25, 0.3) is 0 Å². The second-order valence-electron chi connectivity index (χ2n) is 5.51. The van der Waals surface area contributed by atoms with Crippen LogP contribution in [0.1, 0.15) is 52.2 Å². The van der Waals surface area contributed by atoms with E-state index >= 15 is 0 Å². The van der Waals surface area contributed by atoms with Crippen molar-refractivity contribution >= 4 is 5.91 Å². The van der Waals surface area contributed by atoms with E-state index in [0.29, 0.717) is 26.1 Å². The third-order valence-corrected chi connectivity index (χ3v) is 3.30. The van der Waals surface area contributed by atoms with Gasteiger partial charge < -0.3 is 14.8 Å². The number of carbonyl (C=O) groups is 1. The molecule has 1 aromatic carbocycles. The molecule has 0 aromatic heterocycles. The number of amides is 1. The first-order valence-electron chi connectivity index (χ1n) is 8.22. The number of aryl methyl sites for hydroxylation is 2. The number of nitrogens with one attached hydrogen (secondary N) is 1. The monoisotopic (exact) mass is 307 g/mol. The Labute approximate surface area is 134 Å². The summed E-state index contributed by atoms with van der Waals surface area (Å²) in [7, 11) is 0. The zero-order valence-electron chi connectivity index (χ0n) is 14.5. The summed E-state index contributed by atoms with van der Waals surface area (Å²) in [6.45, 7) is 11.2. The summed E-state index contributed by atoms with van der Waals surface area (Å²) >= 11 is 0. The van der Waals surface area contributed by atoms with Gasteiger partial charge in [-0.3, -0.25) is 4.79 Å². The fourth-order valence-corrected chi connectivity index (χ4v) is 2.35. The smallest absolute Gasteiger partial charge is 0.220 e. The fourth-order valence-electron chi connectivity index (χ4n) is 2.35. The number of hydrogen-bond acceptors (Lipinski definition) is 3. The highest BCUT2D eigenvalue weighted by molar-refractivity contribution is 5.76.